The highest BCUT2D eigenvalue weighted by atomic mass is 19.4. The van der Waals surface area contributed by atoms with Crippen LogP contribution in [-0.2, 0) is 15.8 Å². The first-order valence-electron chi connectivity index (χ1n) is 10.2. The molecule has 0 N–H and O–H groups in total. The molecule has 2 aromatic rings. The van der Waals surface area contributed by atoms with Gasteiger partial charge in [0.25, 0.3) is 0 Å². The molecule has 3 rings (SSSR count). The van der Waals surface area contributed by atoms with Crippen molar-refractivity contribution in [1.29, 1.82) is 0 Å². The van der Waals surface area contributed by atoms with E-state index >= 15 is 0 Å². The van der Waals surface area contributed by atoms with E-state index in [1.165, 1.54) is 43.2 Å². The van der Waals surface area contributed by atoms with E-state index in [4.69, 9.17) is 9.47 Å². The molecule has 0 saturated heterocycles. The summed E-state index contributed by atoms with van der Waals surface area (Å²) < 4.78 is 48.7. The fourth-order valence-corrected chi connectivity index (χ4v) is 3.54. The summed E-state index contributed by atoms with van der Waals surface area (Å²) in [6, 6.07) is 10.7. The summed E-state index contributed by atoms with van der Waals surface area (Å²) in [4.78, 5) is 24.1. The van der Waals surface area contributed by atoms with Crippen molar-refractivity contribution in [2.45, 2.75) is 44.7 Å². The van der Waals surface area contributed by atoms with Gasteiger partial charge in [-0.05, 0) is 48.2 Å². The minimum atomic E-state index is -4.46. The monoisotopic (exact) mass is 432 g/mol. The minimum Gasteiger partial charge on any atom is -0.426 e. The average Bonchev–Trinajstić information content (AvgIpc) is 3.24. The molecule has 0 atom stereocenters. The number of alkyl halides is 3. The van der Waals surface area contributed by atoms with Crippen molar-refractivity contribution < 1.29 is 32.2 Å². The Kier molecular flexibility index (Phi) is 7.50. The molecule has 1 saturated carbocycles. The summed E-state index contributed by atoms with van der Waals surface area (Å²) in [5.74, 6) is -0.0752. The van der Waals surface area contributed by atoms with Crippen LogP contribution < -0.4 is 9.47 Å². The van der Waals surface area contributed by atoms with Crippen LogP contribution in [0.2, 0.25) is 0 Å². The molecule has 1 fully saturated rings. The molecule has 0 heterocycles. The lowest BCUT2D eigenvalue weighted by Crippen LogP contribution is -2.10. The normalized spacial score (nSPS) is 14.7. The number of carbonyl (C=O) groups is 2. The molecular formula is C24H23F3O4. The third kappa shape index (κ3) is 7.27. The van der Waals surface area contributed by atoms with Crippen LogP contribution in [0.1, 0.15) is 49.7 Å². The number of halogens is 3. The Morgan fingerprint density at radius 1 is 0.968 bits per heavy atom. The van der Waals surface area contributed by atoms with Crippen molar-refractivity contribution >= 4 is 18.0 Å². The van der Waals surface area contributed by atoms with E-state index in [-0.39, 0.29) is 23.0 Å². The van der Waals surface area contributed by atoms with Gasteiger partial charge in [0, 0.05) is 18.6 Å². The number of esters is 2. The van der Waals surface area contributed by atoms with E-state index in [0.29, 0.717) is 12.3 Å². The lowest BCUT2D eigenvalue weighted by Gasteiger charge is -2.09. The van der Waals surface area contributed by atoms with Crippen LogP contribution in [0.4, 0.5) is 13.2 Å². The zero-order chi connectivity index (χ0) is 22.3. The van der Waals surface area contributed by atoms with Gasteiger partial charge in [0.05, 0.1) is 5.56 Å². The van der Waals surface area contributed by atoms with Gasteiger partial charge < -0.3 is 9.47 Å². The molecule has 0 aromatic heterocycles. The lowest BCUT2D eigenvalue weighted by atomic mass is 10.0. The molecule has 0 bridgehead atoms. The maximum Gasteiger partial charge on any atom is 0.416 e. The predicted molar refractivity (Wildman–Crippen MR) is 109 cm³/mol. The number of carbonyl (C=O) groups excluding carboxylic acids is 2. The highest BCUT2D eigenvalue weighted by molar-refractivity contribution is 5.88. The molecule has 2 aromatic carbocycles. The molecule has 1 aliphatic carbocycles. The summed E-state index contributed by atoms with van der Waals surface area (Å²) in [6.45, 7) is 0. The van der Waals surface area contributed by atoms with Crippen molar-refractivity contribution in [1.82, 2.24) is 0 Å². The van der Waals surface area contributed by atoms with Crippen LogP contribution in [0.5, 0.6) is 11.5 Å². The number of ether oxygens (including phenoxy) is 2. The molecule has 7 heteroatoms. The van der Waals surface area contributed by atoms with Crippen LogP contribution >= 0.6 is 0 Å². The average molecular weight is 432 g/mol. The van der Waals surface area contributed by atoms with Crippen LogP contribution in [0, 0.1) is 5.92 Å². The zero-order valence-electron chi connectivity index (χ0n) is 16.9. The minimum absolute atomic E-state index is 0.166. The molecule has 4 nitrogen and oxygen atoms in total. The van der Waals surface area contributed by atoms with Gasteiger partial charge in [-0.3, -0.25) is 4.79 Å². The Hall–Kier alpha value is -3.09. The second kappa shape index (κ2) is 10.3. The summed E-state index contributed by atoms with van der Waals surface area (Å²) in [6.07, 6.45) is 3.73. The second-order valence-corrected chi connectivity index (χ2v) is 7.52. The number of rotatable bonds is 7. The van der Waals surface area contributed by atoms with Gasteiger partial charge in [0.1, 0.15) is 11.5 Å². The van der Waals surface area contributed by atoms with Crippen LogP contribution in [0.15, 0.2) is 54.6 Å². The summed E-state index contributed by atoms with van der Waals surface area (Å²) in [5.41, 5.74) is -0.581. The lowest BCUT2D eigenvalue weighted by molar-refractivity contribution is -0.137. The van der Waals surface area contributed by atoms with E-state index in [1.807, 2.05) is 0 Å². The Labute approximate surface area is 178 Å². The SMILES string of the molecule is O=C(/C=C/c1cccc(C(F)(F)F)c1)Oc1cccc(OC(=O)CCC2CCCC2)c1. The first kappa shape index (κ1) is 22.6. The van der Waals surface area contributed by atoms with Gasteiger partial charge >= 0.3 is 18.1 Å². The van der Waals surface area contributed by atoms with Gasteiger partial charge in [-0.1, -0.05) is 43.9 Å². The second-order valence-electron chi connectivity index (χ2n) is 7.52. The van der Waals surface area contributed by atoms with Gasteiger partial charge in [0.2, 0.25) is 0 Å². The highest BCUT2D eigenvalue weighted by Gasteiger charge is 2.30. The summed E-state index contributed by atoms with van der Waals surface area (Å²) >= 11 is 0. The maximum atomic E-state index is 12.8. The molecule has 31 heavy (non-hydrogen) atoms. The number of benzene rings is 2. The molecule has 0 aliphatic heterocycles. The molecule has 0 radical (unpaired) electrons. The van der Waals surface area contributed by atoms with Crippen LogP contribution in [-0.4, -0.2) is 11.9 Å². The summed E-state index contributed by atoms with van der Waals surface area (Å²) in [5, 5.41) is 0. The Morgan fingerprint density at radius 3 is 2.35 bits per heavy atom. The van der Waals surface area contributed by atoms with E-state index in [9.17, 15) is 22.8 Å². The topological polar surface area (TPSA) is 52.6 Å². The molecule has 164 valence electrons. The van der Waals surface area contributed by atoms with Crippen LogP contribution in [0.25, 0.3) is 6.08 Å². The predicted octanol–water partition coefficient (Wildman–Crippen LogP) is 6.20. The Balaban J connectivity index is 1.53. The van der Waals surface area contributed by atoms with Crippen molar-refractivity contribution in [2.75, 3.05) is 0 Å². The molecular weight excluding hydrogens is 409 g/mol. The highest BCUT2D eigenvalue weighted by Crippen LogP contribution is 2.30. The molecule has 1 aliphatic rings. The quantitative estimate of drug-likeness (QED) is 0.297. The fourth-order valence-electron chi connectivity index (χ4n) is 3.54. The zero-order valence-corrected chi connectivity index (χ0v) is 16.9. The van der Waals surface area contributed by atoms with Crippen molar-refractivity contribution in [3.05, 3.63) is 65.7 Å². The number of hydrogen-bond acceptors (Lipinski definition) is 4. The van der Waals surface area contributed by atoms with Gasteiger partial charge in [0.15, 0.2) is 0 Å². The first-order valence-corrected chi connectivity index (χ1v) is 10.2. The third-order valence-electron chi connectivity index (χ3n) is 5.11. The summed E-state index contributed by atoms with van der Waals surface area (Å²) in [7, 11) is 0. The first-order chi connectivity index (χ1) is 14.8. The van der Waals surface area contributed by atoms with E-state index < -0.39 is 17.7 Å². The van der Waals surface area contributed by atoms with Crippen LogP contribution in [0.3, 0.4) is 0 Å². The van der Waals surface area contributed by atoms with E-state index in [2.05, 4.69) is 0 Å². The van der Waals surface area contributed by atoms with Gasteiger partial charge in [-0.15, -0.1) is 0 Å². The third-order valence-corrected chi connectivity index (χ3v) is 5.11. The molecule has 0 unspecified atom stereocenters. The van der Waals surface area contributed by atoms with E-state index in [0.717, 1.165) is 37.5 Å². The molecule has 0 spiro atoms. The van der Waals surface area contributed by atoms with Crippen molar-refractivity contribution in [2.24, 2.45) is 5.92 Å². The molecule has 0 amide bonds. The fraction of sp³-hybridized carbons (Fsp3) is 0.333. The number of hydrogen-bond donors (Lipinski definition) is 0. The Bertz CT molecular complexity index is 944. The Morgan fingerprint density at radius 2 is 1.65 bits per heavy atom. The standard InChI is InChI=1S/C24H23F3O4/c25-24(26,27)19-8-3-7-18(15-19)12-14-23(29)31-21-10-4-9-20(16-21)30-22(28)13-11-17-5-1-2-6-17/h3-4,7-10,12,14-17H,1-2,5-6,11,13H2/b14-12+. The van der Waals surface area contributed by atoms with Gasteiger partial charge in [-0.2, -0.15) is 13.2 Å². The smallest absolute Gasteiger partial charge is 0.416 e. The van der Waals surface area contributed by atoms with Crippen molar-refractivity contribution in [3.8, 4) is 11.5 Å². The van der Waals surface area contributed by atoms with Gasteiger partial charge in [-0.25, -0.2) is 4.79 Å². The van der Waals surface area contributed by atoms with E-state index in [1.54, 1.807) is 12.1 Å². The van der Waals surface area contributed by atoms with Crippen molar-refractivity contribution in [3.63, 3.8) is 0 Å². The largest absolute Gasteiger partial charge is 0.426 e. The maximum absolute atomic E-state index is 12.8.